The Kier molecular flexibility index (Phi) is 4.78. The standard InChI is InChI=1S/C23H23NO8/c1-8-3-11(4-9(2)25)18(27)16-13(8)6-10-5-12-7-14(26)17(22(24)31)21(30)23(12,32)20(29)15(10)19(16)28/h3,10,12,26-27,29,32H,4-7H2,1-2H3,(H2,24,31). The number of phenols is 1. The number of hydrogen-bond donors (Lipinski definition) is 5. The first kappa shape index (κ1) is 21.8. The Bertz CT molecular complexity index is 1190. The van der Waals surface area contributed by atoms with Gasteiger partial charge in [-0.1, -0.05) is 6.07 Å². The summed E-state index contributed by atoms with van der Waals surface area (Å²) in [7, 11) is 0. The quantitative estimate of drug-likeness (QED) is 0.432. The lowest BCUT2D eigenvalue weighted by atomic mass is 9.60. The van der Waals surface area contributed by atoms with Crippen LogP contribution in [-0.4, -0.2) is 49.3 Å². The van der Waals surface area contributed by atoms with E-state index >= 15 is 0 Å². The average molecular weight is 441 g/mol. The van der Waals surface area contributed by atoms with Gasteiger partial charge >= 0.3 is 0 Å². The molecule has 0 saturated carbocycles. The van der Waals surface area contributed by atoms with Gasteiger partial charge in [-0.05, 0) is 43.7 Å². The number of benzene rings is 1. The third-order valence-electron chi connectivity index (χ3n) is 6.80. The molecule has 3 unspecified atom stereocenters. The number of fused-ring (bicyclic) bond motifs is 3. The molecule has 1 amide bonds. The highest BCUT2D eigenvalue weighted by atomic mass is 16.3. The number of aryl methyl sites for hydroxylation is 1. The fourth-order valence-electron chi connectivity index (χ4n) is 5.35. The average Bonchev–Trinajstić information content (AvgIpc) is 2.68. The van der Waals surface area contributed by atoms with E-state index < -0.39 is 52.0 Å². The van der Waals surface area contributed by atoms with Crippen molar-refractivity contribution in [2.75, 3.05) is 0 Å². The molecule has 9 nitrogen and oxygen atoms in total. The first-order chi connectivity index (χ1) is 14.9. The summed E-state index contributed by atoms with van der Waals surface area (Å²) in [4.78, 5) is 49.6. The molecule has 0 fully saturated rings. The van der Waals surface area contributed by atoms with Crippen LogP contribution in [0.1, 0.15) is 46.8 Å². The maximum atomic E-state index is 13.4. The first-order valence-electron chi connectivity index (χ1n) is 10.2. The van der Waals surface area contributed by atoms with Crippen LogP contribution in [0.3, 0.4) is 0 Å². The molecule has 32 heavy (non-hydrogen) atoms. The molecule has 0 aliphatic heterocycles. The number of aliphatic hydroxyl groups excluding tert-OH is 2. The number of nitrogens with two attached hydrogens (primary N) is 1. The lowest BCUT2D eigenvalue weighted by Gasteiger charge is -2.45. The minimum absolute atomic E-state index is 0.0714. The summed E-state index contributed by atoms with van der Waals surface area (Å²) >= 11 is 0. The summed E-state index contributed by atoms with van der Waals surface area (Å²) in [5, 5.41) is 43.1. The maximum absolute atomic E-state index is 13.4. The van der Waals surface area contributed by atoms with E-state index in [1.807, 2.05) is 0 Å². The normalized spacial score (nSPS) is 27.1. The third-order valence-corrected chi connectivity index (χ3v) is 6.80. The number of carbonyl (C=O) groups excluding carboxylic acids is 4. The third kappa shape index (κ3) is 2.81. The summed E-state index contributed by atoms with van der Waals surface area (Å²) in [5.41, 5.74) is 3.02. The van der Waals surface area contributed by atoms with E-state index in [0.29, 0.717) is 11.1 Å². The Labute approximate surface area is 182 Å². The number of aliphatic hydroxyl groups is 3. The van der Waals surface area contributed by atoms with E-state index in [1.54, 1.807) is 13.0 Å². The van der Waals surface area contributed by atoms with E-state index in [-0.39, 0.29) is 53.9 Å². The minimum Gasteiger partial charge on any atom is -0.511 e. The highest BCUT2D eigenvalue weighted by Crippen LogP contribution is 2.51. The molecule has 3 atom stereocenters. The van der Waals surface area contributed by atoms with Crippen molar-refractivity contribution in [2.24, 2.45) is 17.6 Å². The van der Waals surface area contributed by atoms with E-state index in [1.165, 1.54) is 6.92 Å². The van der Waals surface area contributed by atoms with Gasteiger partial charge in [0.25, 0.3) is 5.91 Å². The van der Waals surface area contributed by atoms with E-state index in [9.17, 15) is 39.6 Å². The van der Waals surface area contributed by atoms with Crippen LogP contribution in [0, 0.1) is 18.8 Å². The molecule has 0 saturated heterocycles. The number of hydrogen-bond acceptors (Lipinski definition) is 8. The number of amides is 1. The van der Waals surface area contributed by atoms with Gasteiger partial charge in [-0.15, -0.1) is 0 Å². The van der Waals surface area contributed by atoms with Crippen LogP contribution < -0.4 is 5.73 Å². The van der Waals surface area contributed by atoms with Gasteiger partial charge in [-0.25, -0.2) is 0 Å². The zero-order chi connectivity index (χ0) is 23.7. The Morgan fingerprint density at radius 1 is 1.19 bits per heavy atom. The number of allylic oxidation sites excluding steroid dienone is 2. The number of carbonyl (C=O) groups is 4. The summed E-state index contributed by atoms with van der Waals surface area (Å²) in [6, 6.07) is 1.65. The number of Topliss-reactive ketones (excluding diaryl/α,β-unsaturated/α-hetero) is 3. The van der Waals surface area contributed by atoms with Crippen molar-refractivity contribution in [3.63, 3.8) is 0 Å². The van der Waals surface area contributed by atoms with Crippen LogP contribution in [0.25, 0.3) is 0 Å². The maximum Gasteiger partial charge on any atom is 0.255 e. The van der Waals surface area contributed by atoms with E-state index in [4.69, 9.17) is 5.73 Å². The van der Waals surface area contributed by atoms with Crippen LogP contribution in [0.4, 0.5) is 0 Å². The van der Waals surface area contributed by atoms with Gasteiger partial charge in [0, 0.05) is 29.9 Å². The summed E-state index contributed by atoms with van der Waals surface area (Å²) < 4.78 is 0. The number of aromatic hydroxyl groups is 1. The molecule has 0 spiro atoms. The topological polar surface area (TPSA) is 175 Å². The Morgan fingerprint density at radius 2 is 1.84 bits per heavy atom. The lowest BCUT2D eigenvalue weighted by Crippen LogP contribution is -2.57. The van der Waals surface area contributed by atoms with Crippen molar-refractivity contribution in [2.45, 2.75) is 45.1 Å². The number of phenolic OH excluding ortho intramolecular Hbond substituents is 1. The molecular weight excluding hydrogens is 418 g/mol. The molecule has 6 N–H and O–H groups in total. The molecule has 0 aromatic heterocycles. The Morgan fingerprint density at radius 3 is 2.44 bits per heavy atom. The molecule has 3 aliphatic carbocycles. The van der Waals surface area contributed by atoms with Crippen LogP contribution in [0.2, 0.25) is 0 Å². The predicted molar refractivity (Wildman–Crippen MR) is 110 cm³/mol. The van der Waals surface area contributed by atoms with Gasteiger partial charge < -0.3 is 26.2 Å². The van der Waals surface area contributed by atoms with Crippen LogP contribution >= 0.6 is 0 Å². The second-order valence-corrected chi connectivity index (χ2v) is 8.84. The molecule has 0 radical (unpaired) electrons. The second kappa shape index (κ2) is 7.03. The summed E-state index contributed by atoms with van der Waals surface area (Å²) in [5.74, 6) is -6.83. The molecule has 1 aromatic carbocycles. The monoisotopic (exact) mass is 441 g/mol. The van der Waals surface area contributed by atoms with Crippen molar-refractivity contribution in [3.8, 4) is 5.75 Å². The Hall–Kier alpha value is -3.46. The molecule has 1 aromatic rings. The molecular formula is C23H23NO8. The van der Waals surface area contributed by atoms with Gasteiger partial charge in [0.05, 0.1) is 5.56 Å². The minimum atomic E-state index is -2.59. The first-order valence-corrected chi connectivity index (χ1v) is 10.2. The van der Waals surface area contributed by atoms with Crippen molar-refractivity contribution < 1.29 is 39.6 Å². The number of rotatable bonds is 3. The number of primary amides is 1. The molecule has 0 bridgehead atoms. The summed E-state index contributed by atoms with van der Waals surface area (Å²) in [6.07, 6.45) is -0.0259. The zero-order valence-electron chi connectivity index (χ0n) is 17.6. The van der Waals surface area contributed by atoms with E-state index in [0.717, 1.165) is 0 Å². The SMILES string of the molecule is CC(=O)Cc1cc(C)c2c(c1O)C(=O)C1=C(O)C3(O)C(=O)C(C(N)=O)=C(O)CC3CC1C2. The lowest BCUT2D eigenvalue weighted by molar-refractivity contribution is -0.144. The Balaban J connectivity index is 1.91. The second-order valence-electron chi connectivity index (χ2n) is 8.84. The fourth-order valence-corrected chi connectivity index (χ4v) is 5.35. The molecule has 4 rings (SSSR count). The van der Waals surface area contributed by atoms with Crippen LogP contribution in [0.5, 0.6) is 5.75 Å². The van der Waals surface area contributed by atoms with Gasteiger partial charge in [0.15, 0.2) is 11.4 Å². The highest BCUT2D eigenvalue weighted by Gasteiger charge is 2.59. The van der Waals surface area contributed by atoms with Crippen LogP contribution in [-0.2, 0) is 27.2 Å². The predicted octanol–water partition coefficient (Wildman–Crippen LogP) is 1.02. The van der Waals surface area contributed by atoms with Crippen molar-refractivity contribution in [3.05, 3.63) is 51.0 Å². The van der Waals surface area contributed by atoms with Gasteiger partial charge in [0.1, 0.15) is 28.6 Å². The zero-order valence-corrected chi connectivity index (χ0v) is 17.6. The molecule has 168 valence electrons. The van der Waals surface area contributed by atoms with Crippen molar-refractivity contribution >= 4 is 23.3 Å². The number of ketones is 3. The van der Waals surface area contributed by atoms with Crippen molar-refractivity contribution in [1.29, 1.82) is 0 Å². The fraction of sp³-hybridized carbons (Fsp3) is 0.391. The van der Waals surface area contributed by atoms with Crippen molar-refractivity contribution in [1.82, 2.24) is 0 Å². The molecule has 3 aliphatic rings. The van der Waals surface area contributed by atoms with Crippen LogP contribution in [0.15, 0.2) is 28.7 Å². The summed E-state index contributed by atoms with van der Waals surface area (Å²) in [6.45, 7) is 3.10. The van der Waals surface area contributed by atoms with Gasteiger partial charge in [-0.3, -0.25) is 19.2 Å². The van der Waals surface area contributed by atoms with Gasteiger partial charge in [0.2, 0.25) is 5.78 Å². The van der Waals surface area contributed by atoms with E-state index in [2.05, 4.69) is 0 Å². The smallest absolute Gasteiger partial charge is 0.255 e. The molecule has 0 heterocycles. The highest BCUT2D eigenvalue weighted by molar-refractivity contribution is 6.24. The molecule has 9 heteroatoms. The van der Waals surface area contributed by atoms with Gasteiger partial charge in [-0.2, -0.15) is 0 Å². The largest absolute Gasteiger partial charge is 0.511 e.